The van der Waals surface area contributed by atoms with Gasteiger partial charge < -0.3 is 10.2 Å². The van der Waals surface area contributed by atoms with E-state index in [0.717, 1.165) is 18.1 Å². The first-order chi connectivity index (χ1) is 17.3. The van der Waals surface area contributed by atoms with E-state index in [1.165, 1.54) is 30.6 Å². The van der Waals surface area contributed by atoms with E-state index in [9.17, 15) is 27.8 Å². The summed E-state index contributed by atoms with van der Waals surface area (Å²) in [4.78, 5) is 8.16. The average Bonchev–Trinajstić information content (AvgIpc) is 2.89. The highest BCUT2D eigenvalue weighted by Gasteiger charge is 2.17. The molecule has 1 aromatic heterocycles. The molecule has 4 nitrogen and oxygen atoms in total. The molecule has 8 heteroatoms. The fourth-order valence-electron chi connectivity index (χ4n) is 3.95. The van der Waals surface area contributed by atoms with E-state index in [-0.39, 0.29) is 28.9 Å². The zero-order valence-corrected chi connectivity index (χ0v) is 19.5. The Morgan fingerprint density at radius 3 is 2.00 bits per heavy atom. The predicted octanol–water partition coefficient (Wildman–Crippen LogP) is 6.69. The monoisotopic (exact) mass is 496 g/mol. The third-order valence-electron chi connectivity index (χ3n) is 6.02. The summed E-state index contributed by atoms with van der Waals surface area (Å²) in [6.07, 6.45) is 3.81. The molecule has 2 N–H and O–H groups in total. The highest BCUT2D eigenvalue weighted by atomic mass is 19.2. The summed E-state index contributed by atoms with van der Waals surface area (Å²) in [6, 6.07) is 12.0. The van der Waals surface area contributed by atoms with E-state index in [4.69, 9.17) is 0 Å². The number of rotatable bonds is 8. The number of hydrogen-bond acceptors (Lipinski definition) is 4. The van der Waals surface area contributed by atoms with Crippen LogP contribution in [0.2, 0.25) is 0 Å². The van der Waals surface area contributed by atoms with Gasteiger partial charge in [-0.15, -0.1) is 0 Å². The second kappa shape index (κ2) is 10.9. The Bertz CT molecular complexity index is 1360. The van der Waals surface area contributed by atoms with Crippen LogP contribution in [0.1, 0.15) is 42.8 Å². The van der Waals surface area contributed by atoms with Crippen LogP contribution >= 0.6 is 0 Å². The van der Waals surface area contributed by atoms with E-state index in [0.29, 0.717) is 24.0 Å². The van der Waals surface area contributed by atoms with Gasteiger partial charge in [0, 0.05) is 29.1 Å². The molecule has 186 valence electrons. The van der Waals surface area contributed by atoms with Crippen molar-refractivity contribution < 1.29 is 27.8 Å². The number of aryl methyl sites for hydroxylation is 2. The van der Waals surface area contributed by atoms with Crippen molar-refractivity contribution in [3.8, 4) is 28.0 Å². The molecule has 0 saturated heterocycles. The molecule has 0 fully saturated rings. The number of aliphatic hydroxyl groups excluding tert-OH is 1. The Kier molecular flexibility index (Phi) is 7.64. The number of phenolic OH excluding ortho intramolecular Hbond substituents is 1. The van der Waals surface area contributed by atoms with Crippen LogP contribution < -0.4 is 0 Å². The topological polar surface area (TPSA) is 66.2 Å². The standard InChI is InChI=1S/C28H24F4N2O2/c1-2-3-23(36)28-33-14-19(15-34-28)21-11-10-18(24(29)25(21)30)9-6-16-4-7-17(8-5-16)20-12-13-22(35)27(32)26(20)31/h4-5,7-8,10-15,23,35-36H,2-3,6,9H2,1H3. The van der Waals surface area contributed by atoms with E-state index >= 15 is 0 Å². The van der Waals surface area contributed by atoms with Crippen LogP contribution in [0.3, 0.4) is 0 Å². The molecule has 0 bridgehead atoms. The second-order valence-electron chi connectivity index (χ2n) is 8.49. The minimum absolute atomic E-state index is 0.0115. The fourth-order valence-corrected chi connectivity index (χ4v) is 3.95. The number of hydrogen-bond donors (Lipinski definition) is 2. The van der Waals surface area contributed by atoms with Crippen molar-refractivity contribution in [2.45, 2.75) is 38.7 Å². The smallest absolute Gasteiger partial charge is 0.200 e. The van der Waals surface area contributed by atoms with E-state index in [1.807, 2.05) is 6.92 Å². The Hall–Kier alpha value is -3.78. The molecule has 0 saturated carbocycles. The molecule has 4 rings (SSSR count). The van der Waals surface area contributed by atoms with Gasteiger partial charge in [-0.1, -0.05) is 49.7 Å². The molecule has 0 amide bonds. The Labute approximate surface area is 205 Å². The molecule has 0 aliphatic carbocycles. The van der Waals surface area contributed by atoms with Gasteiger partial charge in [0.15, 0.2) is 29.0 Å². The van der Waals surface area contributed by atoms with Crippen LogP contribution in [-0.4, -0.2) is 20.2 Å². The van der Waals surface area contributed by atoms with Gasteiger partial charge in [-0.25, -0.2) is 23.1 Å². The lowest BCUT2D eigenvalue weighted by Crippen LogP contribution is -2.04. The SMILES string of the molecule is CCCC(O)c1ncc(-c2ccc(CCc3ccc(-c4ccc(O)c(F)c4F)cc3)c(F)c2F)cn1. The zero-order valence-electron chi connectivity index (χ0n) is 19.5. The molecular formula is C28H24F4N2O2. The number of nitrogens with zero attached hydrogens (tertiary/aromatic N) is 2. The van der Waals surface area contributed by atoms with Crippen LogP contribution in [-0.2, 0) is 12.8 Å². The summed E-state index contributed by atoms with van der Waals surface area (Å²) >= 11 is 0. The summed E-state index contributed by atoms with van der Waals surface area (Å²) in [7, 11) is 0. The number of aromatic nitrogens is 2. The normalized spacial score (nSPS) is 12.1. The summed E-state index contributed by atoms with van der Waals surface area (Å²) in [5.74, 6) is -4.93. The van der Waals surface area contributed by atoms with Gasteiger partial charge in [0.25, 0.3) is 0 Å². The lowest BCUT2D eigenvalue weighted by Gasteiger charge is -2.11. The van der Waals surface area contributed by atoms with Gasteiger partial charge in [0.05, 0.1) is 0 Å². The molecule has 0 aliphatic rings. The molecule has 0 radical (unpaired) electrons. The van der Waals surface area contributed by atoms with Crippen molar-refractivity contribution in [1.29, 1.82) is 0 Å². The first-order valence-corrected chi connectivity index (χ1v) is 11.5. The minimum atomic E-state index is -1.31. The van der Waals surface area contributed by atoms with Crippen LogP contribution in [0, 0.1) is 23.3 Å². The summed E-state index contributed by atoms with van der Waals surface area (Å²) in [5.41, 5.74) is 1.77. The predicted molar refractivity (Wildman–Crippen MR) is 128 cm³/mol. The number of aromatic hydroxyl groups is 1. The number of aliphatic hydroxyl groups is 1. The first-order valence-electron chi connectivity index (χ1n) is 11.5. The molecule has 4 aromatic rings. The maximum atomic E-state index is 14.8. The van der Waals surface area contributed by atoms with Crippen molar-refractivity contribution in [3.05, 3.63) is 101 Å². The summed E-state index contributed by atoms with van der Waals surface area (Å²) in [5, 5.41) is 19.3. The number of phenols is 1. The Morgan fingerprint density at radius 1 is 0.722 bits per heavy atom. The lowest BCUT2D eigenvalue weighted by atomic mass is 9.98. The quantitative estimate of drug-likeness (QED) is 0.267. The summed E-state index contributed by atoms with van der Waals surface area (Å²) < 4.78 is 57.4. The number of halogens is 4. The third kappa shape index (κ3) is 5.23. The number of benzene rings is 3. The molecule has 36 heavy (non-hydrogen) atoms. The largest absolute Gasteiger partial charge is 0.505 e. The molecule has 0 spiro atoms. The average molecular weight is 497 g/mol. The van der Waals surface area contributed by atoms with Crippen molar-refractivity contribution in [2.24, 2.45) is 0 Å². The Morgan fingerprint density at radius 2 is 1.33 bits per heavy atom. The second-order valence-corrected chi connectivity index (χ2v) is 8.49. The van der Waals surface area contributed by atoms with E-state index < -0.39 is 35.1 Å². The molecule has 1 atom stereocenters. The molecule has 1 heterocycles. The van der Waals surface area contributed by atoms with Crippen LogP contribution in [0.4, 0.5) is 17.6 Å². The van der Waals surface area contributed by atoms with Crippen LogP contribution in [0.15, 0.2) is 60.9 Å². The summed E-state index contributed by atoms with van der Waals surface area (Å²) in [6.45, 7) is 1.92. The molecule has 1 unspecified atom stereocenters. The molecule has 0 aliphatic heterocycles. The van der Waals surface area contributed by atoms with Gasteiger partial charge >= 0.3 is 0 Å². The van der Waals surface area contributed by atoms with Gasteiger partial charge in [0.1, 0.15) is 6.10 Å². The van der Waals surface area contributed by atoms with Gasteiger partial charge in [0.2, 0.25) is 5.82 Å². The van der Waals surface area contributed by atoms with E-state index in [1.54, 1.807) is 24.3 Å². The van der Waals surface area contributed by atoms with Crippen molar-refractivity contribution in [3.63, 3.8) is 0 Å². The van der Waals surface area contributed by atoms with Gasteiger partial charge in [-0.05, 0) is 48.1 Å². The first kappa shape index (κ1) is 25.3. The zero-order chi connectivity index (χ0) is 25.8. The molecular weight excluding hydrogens is 472 g/mol. The van der Waals surface area contributed by atoms with Crippen LogP contribution in [0.25, 0.3) is 22.3 Å². The van der Waals surface area contributed by atoms with Crippen molar-refractivity contribution in [2.75, 3.05) is 0 Å². The Balaban J connectivity index is 1.46. The fraction of sp³-hybridized carbons (Fsp3) is 0.214. The lowest BCUT2D eigenvalue weighted by molar-refractivity contribution is 0.156. The van der Waals surface area contributed by atoms with Crippen molar-refractivity contribution >= 4 is 0 Å². The molecule has 3 aromatic carbocycles. The highest BCUT2D eigenvalue weighted by molar-refractivity contribution is 5.66. The van der Waals surface area contributed by atoms with E-state index in [2.05, 4.69) is 9.97 Å². The maximum absolute atomic E-state index is 14.8. The van der Waals surface area contributed by atoms with Crippen LogP contribution in [0.5, 0.6) is 5.75 Å². The minimum Gasteiger partial charge on any atom is -0.505 e. The van der Waals surface area contributed by atoms with Crippen molar-refractivity contribution in [1.82, 2.24) is 9.97 Å². The van der Waals surface area contributed by atoms with Gasteiger partial charge in [-0.2, -0.15) is 4.39 Å². The maximum Gasteiger partial charge on any atom is 0.200 e. The third-order valence-corrected chi connectivity index (χ3v) is 6.02. The van der Waals surface area contributed by atoms with Gasteiger partial charge in [-0.3, -0.25) is 0 Å². The highest BCUT2D eigenvalue weighted by Crippen LogP contribution is 2.30.